The summed E-state index contributed by atoms with van der Waals surface area (Å²) in [6.07, 6.45) is 1.69. The van der Waals surface area contributed by atoms with Crippen LogP contribution in [0.25, 0.3) is 6.08 Å². The Morgan fingerprint density at radius 2 is 1.64 bits per heavy atom. The van der Waals surface area contributed by atoms with Gasteiger partial charge >= 0.3 is 0 Å². The lowest BCUT2D eigenvalue weighted by Crippen LogP contribution is -2.56. The Labute approximate surface area is 259 Å². The quantitative estimate of drug-likeness (QED) is 0.235. The molecule has 1 saturated heterocycles. The van der Waals surface area contributed by atoms with Gasteiger partial charge in [0, 0.05) is 6.42 Å². The molecule has 3 aromatic carbocycles. The van der Waals surface area contributed by atoms with Crippen LogP contribution in [0.15, 0.2) is 76.6 Å². The Morgan fingerprint density at radius 3 is 2.18 bits per heavy atom. The number of carbonyl (C=O) groups excluding carboxylic acids is 3. The molecular formula is C32H34N4O7S. The van der Waals surface area contributed by atoms with E-state index in [0.29, 0.717) is 16.8 Å². The van der Waals surface area contributed by atoms with Crippen LogP contribution in [0.1, 0.15) is 25.0 Å². The number of ether oxygens (including phenoxy) is 2. The van der Waals surface area contributed by atoms with Crippen LogP contribution < -0.4 is 20.5 Å². The van der Waals surface area contributed by atoms with Gasteiger partial charge in [-0.15, -0.1) is 0 Å². The number of carbonyl (C=O) groups is 3. The second-order valence-corrected chi connectivity index (χ2v) is 11.3. The Kier molecular flexibility index (Phi) is 10.2. The van der Waals surface area contributed by atoms with Crippen LogP contribution in [0, 0.1) is 5.92 Å². The maximum atomic E-state index is 14.0. The number of rotatable bonds is 11. The molecule has 3 aromatic rings. The molecule has 44 heavy (non-hydrogen) atoms. The summed E-state index contributed by atoms with van der Waals surface area (Å²) in [4.78, 5) is 46.5. The van der Waals surface area contributed by atoms with Crippen LogP contribution in [-0.4, -0.2) is 64.3 Å². The minimum atomic E-state index is -1.07. The minimum absolute atomic E-state index is 0.0663. The first-order chi connectivity index (χ1) is 21.0. The first-order valence-corrected chi connectivity index (χ1v) is 14.5. The number of nitrogens with one attached hydrogen (secondary N) is 1. The number of methoxy groups -OCH3 is 2. The Morgan fingerprint density at radius 1 is 1.02 bits per heavy atom. The van der Waals surface area contributed by atoms with Crippen molar-refractivity contribution in [2.24, 2.45) is 16.6 Å². The Hall–Kier alpha value is -4.97. The number of primary amides is 1. The first-order valence-electron chi connectivity index (χ1n) is 13.7. The van der Waals surface area contributed by atoms with Crippen molar-refractivity contribution < 1.29 is 34.1 Å². The molecule has 0 aliphatic carbocycles. The van der Waals surface area contributed by atoms with Gasteiger partial charge in [-0.1, -0.05) is 44.2 Å². The molecule has 1 fully saturated rings. The number of amidine groups is 1. The molecule has 1 heterocycles. The summed E-state index contributed by atoms with van der Waals surface area (Å²) in [5, 5.41) is 22.9. The molecule has 11 nitrogen and oxygen atoms in total. The molecule has 3 amide bonds. The van der Waals surface area contributed by atoms with Crippen molar-refractivity contribution in [3.8, 4) is 23.0 Å². The second-order valence-electron chi connectivity index (χ2n) is 10.3. The number of phenols is 2. The number of phenolic OH excluding ortho intramolecular Hbond substituents is 2. The predicted molar refractivity (Wildman–Crippen MR) is 169 cm³/mol. The molecule has 0 saturated carbocycles. The lowest BCUT2D eigenvalue weighted by Gasteiger charge is -2.30. The van der Waals surface area contributed by atoms with Crippen LogP contribution in [0.3, 0.4) is 0 Å². The van der Waals surface area contributed by atoms with Gasteiger partial charge in [0.2, 0.25) is 17.6 Å². The normalized spacial score (nSPS) is 16.3. The monoisotopic (exact) mass is 618 g/mol. The number of amides is 3. The number of para-hydroxylation sites is 1. The van der Waals surface area contributed by atoms with Crippen LogP contribution >= 0.6 is 11.8 Å². The third kappa shape index (κ3) is 7.32. The average Bonchev–Trinajstić information content (AvgIpc) is 3.28. The van der Waals surface area contributed by atoms with Crippen molar-refractivity contribution in [1.29, 1.82) is 0 Å². The highest BCUT2D eigenvalue weighted by Gasteiger charge is 2.43. The Bertz CT molecular complexity index is 1560. The highest BCUT2D eigenvalue weighted by molar-refractivity contribution is 8.18. The molecule has 0 spiro atoms. The zero-order valence-corrected chi connectivity index (χ0v) is 25.5. The molecule has 0 aromatic heterocycles. The fraction of sp³-hybridized carbons (Fsp3) is 0.250. The number of aromatic hydroxyl groups is 2. The van der Waals surface area contributed by atoms with Crippen LogP contribution in [0.4, 0.5) is 5.69 Å². The summed E-state index contributed by atoms with van der Waals surface area (Å²) >= 11 is 1.09. The van der Waals surface area contributed by atoms with Crippen LogP contribution in [0.5, 0.6) is 23.0 Å². The summed E-state index contributed by atoms with van der Waals surface area (Å²) in [5.74, 6) is -1.98. The van der Waals surface area contributed by atoms with Gasteiger partial charge in [0.25, 0.3) is 5.91 Å². The summed E-state index contributed by atoms with van der Waals surface area (Å²) in [5.41, 5.74) is 7.43. The summed E-state index contributed by atoms with van der Waals surface area (Å²) < 4.78 is 10.5. The standard InChI is InChI=1S/C32H34N4O7S/c1-18(2)27(30(40)35-23(29(33)39)14-19-10-12-22(37)13-11-19)36-31(41)26(44-32(36)34-21-8-6-5-7-9-21)17-20-15-24(42-3)28(38)25(16-20)43-4/h5-13,15-18,23,27,37-38H,14H2,1-4H3,(H2,33,39)(H,35,40)/b26-17-,34-32?/t23-,27?/m0/s1. The maximum absolute atomic E-state index is 14.0. The molecule has 12 heteroatoms. The van der Waals surface area contributed by atoms with E-state index in [1.54, 1.807) is 56.3 Å². The zero-order valence-electron chi connectivity index (χ0n) is 24.7. The van der Waals surface area contributed by atoms with Gasteiger partial charge < -0.3 is 30.7 Å². The van der Waals surface area contributed by atoms with Gasteiger partial charge in [-0.05, 0) is 71.3 Å². The average molecular weight is 619 g/mol. The van der Waals surface area contributed by atoms with E-state index >= 15 is 0 Å². The number of nitrogens with two attached hydrogens (primary N) is 1. The number of hydrogen-bond acceptors (Lipinski definition) is 9. The summed E-state index contributed by atoms with van der Waals surface area (Å²) in [6.45, 7) is 3.58. The predicted octanol–water partition coefficient (Wildman–Crippen LogP) is 3.96. The molecule has 5 N–H and O–H groups in total. The maximum Gasteiger partial charge on any atom is 0.267 e. The van der Waals surface area contributed by atoms with Gasteiger partial charge in [0.15, 0.2) is 16.7 Å². The van der Waals surface area contributed by atoms with Crippen molar-refractivity contribution in [1.82, 2.24) is 10.2 Å². The van der Waals surface area contributed by atoms with Gasteiger partial charge in [-0.2, -0.15) is 0 Å². The first kappa shape index (κ1) is 32.0. The van der Waals surface area contributed by atoms with Crippen LogP contribution in [-0.2, 0) is 20.8 Å². The number of thioether (sulfide) groups is 1. The SMILES string of the molecule is COc1cc(/C=C2\SC(=Nc3ccccc3)N(C(C(=O)N[C@@H](Cc3ccc(O)cc3)C(N)=O)C(C)C)C2=O)cc(OC)c1O. The lowest BCUT2D eigenvalue weighted by atomic mass is 9.99. The highest BCUT2D eigenvalue weighted by Crippen LogP contribution is 2.41. The molecule has 1 unspecified atom stereocenters. The molecule has 1 aliphatic heterocycles. The van der Waals surface area contributed by atoms with E-state index < -0.39 is 35.7 Å². The molecule has 0 bridgehead atoms. The van der Waals surface area contributed by atoms with E-state index in [2.05, 4.69) is 5.32 Å². The number of nitrogens with zero attached hydrogens (tertiary/aromatic N) is 2. The van der Waals surface area contributed by atoms with Crippen LogP contribution in [0.2, 0.25) is 0 Å². The van der Waals surface area contributed by atoms with Gasteiger partial charge in [-0.25, -0.2) is 4.99 Å². The largest absolute Gasteiger partial charge is 0.508 e. The highest BCUT2D eigenvalue weighted by atomic mass is 32.2. The third-order valence-electron chi connectivity index (χ3n) is 6.83. The van der Waals surface area contributed by atoms with Crippen molar-refractivity contribution >= 4 is 46.4 Å². The van der Waals surface area contributed by atoms with Crippen molar-refractivity contribution in [2.45, 2.75) is 32.4 Å². The van der Waals surface area contributed by atoms with Gasteiger partial charge in [-0.3, -0.25) is 19.3 Å². The van der Waals surface area contributed by atoms with Gasteiger partial charge in [0.1, 0.15) is 17.8 Å². The van der Waals surface area contributed by atoms with E-state index in [1.165, 1.54) is 31.3 Å². The molecule has 230 valence electrons. The number of hydrogen-bond donors (Lipinski definition) is 4. The van der Waals surface area contributed by atoms with E-state index in [4.69, 9.17) is 20.2 Å². The van der Waals surface area contributed by atoms with E-state index in [0.717, 1.165) is 11.8 Å². The van der Waals surface area contributed by atoms with E-state index in [9.17, 15) is 24.6 Å². The topological polar surface area (TPSA) is 164 Å². The number of aliphatic imine (C=N–C) groups is 1. The fourth-order valence-electron chi connectivity index (χ4n) is 4.64. The number of benzene rings is 3. The van der Waals surface area contributed by atoms with E-state index in [1.807, 2.05) is 18.2 Å². The fourth-order valence-corrected chi connectivity index (χ4v) is 5.66. The molecule has 4 rings (SSSR count). The second kappa shape index (κ2) is 14.0. The van der Waals surface area contributed by atoms with Crippen molar-refractivity contribution in [3.05, 3.63) is 82.8 Å². The zero-order chi connectivity index (χ0) is 32.0. The smallest absolute Gasteiger partial charge is 0.267 e. The van der Waals surface area contributed by atoms with Gasteiger partial charge in [0.05, 0.1) is 24.8 Å². The van der Waals surface area contributed by atoms with Crippen molar-refractivity contribution in [3.63, 3.8) is 0 Å². The molecular weight excluding hydrogens is 584 g/mol. The summed E-state index contributed by atoms with van der Waals surface area (Å²) in [7, 11) is 2.81. The Balaban J connectivity index is 1.72. The molecule has 1 aliphatic rings. The minimum Gasteiger partial charge on any atom is -0.508 e. The molecule has 2 atom stereocenters. The van der Waals surface area contributed by atoms with Crippen molar-refractivity contribution in [2.75, 3.05) is 14.2 Å². The lowest BCUT2D eigenvalue weighted by molar-refractivity contribution is -0.136. The summed E-state index contributed by atoms with van der Waals surface area (Å²) in [6, 6.07) is 16.2. The van der Waals surface area contributed by atoms with E-state index in [-0.39, 0.29) is 39.5 Å². The molecule has 0 radical (unpaired) electrons. The third-order valence-corrected chi connectivity index (χ3v) is 7.82.